The summed E-state index contributed by atoms with van der Waals surface area (Å²) < 4.78 is 0. The Morgan fingerprint density at radius 3 is 1.56 bits per heavy atom. The molecule has 5 nitrogen and oxygen atoms in total. The molecule has 0 fully saturated rings. The van der Waals surface area contributed by atoms with Crippen LogP contribution in [0.5, 0.6) is 0 Å². The average Bonchev–Trinajstić information content (AvgIpc) is 3.19. The van der Waals surface area contributed by atoms with Crippen LogP contribution >= 0.6 is 0 Å². The Bertz CT molecular complexity index is 2170. The number of rotatable bonds is 7. The third-order valence-corrected chi connectivity index (χ3v) is 8.57. The number of nitrogens with zero attached hydrogens (tertiary/aromatic N) is 3. The third kappa shape index (κ3) is 6.22. The zero-order valence-electron chi connectivity index (χ0n) is 26.2. The summed E-state index contributed by atoms with van der Waals surface area (Å²) in [6, 6.07) is 58.4. The molecule has 0 aliphatic carbocycles. The van der Waals surface area contributed by atoms with Crippen molar-refractivity contribution in [3.63, 3.8) is 0 Å². The number of amidine groups is 3. The first kappa shape index (κ1) is 29.1. The van der Waals surface area contributed by atoms with Gasteiger partial charge in [-0.1, -0.05) is 158 Å². The topological polar surface area (TPSA) is 61.1 Å². The summed E-state index contributed by atoms with van der Waals surface area (Å²) in [7, 11) is 0. The number of benzene rings is 6. The van der Waals surface area contributed by atoms with Crippen molar-refractivity contribution in [2.75, 3.05) is 0 Å². The molecular weight excluding hydrogens is 587 g/mol. The van der Waals surface area contributed by atoms with E-state index in [1.807, 2.05) is 48.5 Å². The van der Waals surface area contributed by atoms with Crippen LogP contribution in [-0.2, 0) is 0 Å². The predicted octanol–water partition coefficient (Wildman–Crippen LogP) is 8.98. The molecule has 0 saturated carbocycles. The summed E-state index contributed by atoms with van der Waals surface area (Å²) in [6.07, 6.45) is 1.95. The molecular formula is C43H33N5. The number of nitrogens with one attached hydrogen (secondary N) is 2. The molecule has 2 heterocycles. The summed E-state index contributed by atoms with van der Waals surface area (Å²) in [5, 5.41) is 7.24. The first-order valence-corrected chi connectivity index (χ1v) is 16.2. The van der Waals surface area contributed by atoms with Gasteiger partial charge in [0.05, 0.1) is 11.7 Å². The van der Waals surface area contributed by atoms with Crippen LogP contribution < -0.4 is 10.6 Å². The zero-order valence-corrected chi connectivity index (χ0v) is 26.2. The molecule has 230 valence electrons. The van der Waals surface area contributed by atoms with Crippen molar-refractivity contribution in [1.82, 2.24) is 10.6 Å². The van der Waals surface area contributed by atoms with Gasteiger partial charge in [-0.3, -0.25) is 0 Å². The lowest BCUT2D eigenvalue weighted by atomic mass is 9.98. The highest BCUT2D eigenvalue weighted by Gasteiger charge is 2.22. The van der Waals surface area contributed by atoms with Crippen molar-refractivity contribution in [3.05, 3.63) is 209 Å². The van der Waals surface area contributed by atoms with Crippen LogP contribution in [0.25, 0.3) is 16.8 Å². The van der Waals surface area contributed by atoms with E-state index in [9.17, 15) is 0 Å². The van der Waals surface area contributed by atoms with Crippen molar-refractivity contribution in [1.29, 1.82) is 0 Å². The number of aliphatic imine (C=N–C) groups is 3. The highest BCUT2D eigenvalue weighted by Crippen LogP contribution is 2.30. The Labute approximate surface area is 280 Å². The van der Waals surface area contributed by atoms with E-state index >= 15 is 0 Å². The Kier molecular flexibility index (Phi) is 7.99. The summed E-state index contributed by atoms with van der Waals surface area (Å²) in [5.41, 5.74) is 9.49. The van der Waals surface area contributed by atoms with Crippen molar-refractivity contribution in [3.8, 4) is 11.1 Å². The van der Waals surface area contributed by atoms with E-state index in [4.69, 9.17) is 15.0 Å². The molecule has 48 heavy (non-hydrogen) atoms. The van der Waals surface area contributed by atoms with Crippen molar-refractivity contribution in [2.24, 2.45) is 15.0 Å². The van der Waals surface area contributed by atoms with Gasteiger partial charge in [-0.2, -0.15) is 0 Å². The fourth-order valence-electron chi connectivity index (χ4n) is 6.11. The molecule has 0 aromatic heterocycles. The van der Waals surface area contributed by atoms with Crippen molar-refractivity contribution < 1.29 is 0 Å². The lowest BCUT2D eigenvalue weighted by molar-refractivity contribution is 0.674. The second-order valence-corrected chi connectivity index (χ2v) is 11.8. The van der Waals surface area contributed by atoms with Gasteiger partial charge in [-0.15, -0.1) is 0 Å². The van der Waals surface area contributed by atoms with Gasteiger partial charge in [0.15, 0.2) is 5.84 Å². The molecule has 0 spiro atoms. The van der Waals surface area contributed by atoms with Gasteiger partial charge in [0.2, 0.25) is 0 Å². The second-order valence-electron chi connectivity index (χ2n) is 11.8. The van der Waals surface area contributed by atoms with Gasteiger partial charge < -0.3 is 10.6 Å². The molecule has 2 aliphatic heterocycles. The van der Waals surface area contributed by atoms with Crippen LogP contribution in [0.4, 0.5) is 0 Å². The monoisotopic (exact) mass is 619 g/mol. The summed E-state index contributed by atoms with van der Waals surface area (Å²) in [5.74, 6) is 2.34. The lowest BCUT2D eigenvalue weighted by Gasteiger charge is -2.25. The lowest BCUT2D eigenvalue weighted by Crippen LogP contribution is -2.33. The molecule has 0 radical (unpaired) electrons. The highest BCUT2D eigenvalue weighted by molar-refractivity contribution is 6.13. The fourth-order valence-corrected chi connectivity index (χ4v) is 6.11. The van der Waals surface area contributed by atoms with Crippen LogP contribution in [0.2, 0.25) is 0 Å². The van der Waals surface area contributed by atoms with E-state index < -0.39 is 0 Å². The van der Waals surface area contributed by atoms with Gasteiger partial charge in [0, 0.05) is 16.7 Å². The Balaban J connectivity index is 1.15. The van der Waals surface area contributed by atoms with E-state index in [0.29, 0.717) is 5.84 Å². The molecule has 2 N–H and O–H groups in total. The summed E-state index contributed by atoms with van der Waals surface area (Å²) in [6.45, 7) is 0. The molecule has 5 heteroatoms. The van der Waals surface area contributed by atoms with Crippen molar-refractivity contribution in [2.45, 2.75) is 12.2 Å². The van der Waals surface area contributed by atoms with Crippen molar-refractivity contribution >= 4 is 23.2 Å². The third-order valence-electron chi connectivity index (χ3n) is 8.57. The predicted molar refractivity (Wildman–Crippen MR) is 197 cm³/mol. The van der Waals surface area contributed by atoms with Gasteiger partial charge in [0.1, 0.15) is 17.8 Å². The maximum absolute atomic E-state index is 5.12. The molecule has 6 aromatic rings. The molecule has 0 bridgehead atoms. The minimum absolute atomic E-state index is 0.00644. The van der Waals surface area contributed by atoms with Crippen LogP contribution in [0.3, 0.4) is 0 Å². The van der Waals surface area contributed by atoms with E-state index in [-0.39, 0.29) is 12.2 Å². The maximum Gasteiger partial charge on any atom is 0.159 e. The largest absolute Gasteiger partial charge is 0.359 e. The first-order chi connectivity index (χ1) is 23.8. The van der Waals surface area contributed by atoms with Crippen LogP contribution in [0, 0.1) is 0 Å². The van der Waals surface area contributed by atoms with Crippen LogP contribution in [0.1, 0.15) is 45.6 Å². The van der Waals surface area contributed by atoms with Crippen LogP contribution in [-0.4, -0.2) is 17.5 Å². The van der Waals surface area contributed by atoms with E-state index in [2.05, 4.69) is 138 Å². The van der Waals surface area contributed by atoms with E-state index in [1.54, 1.807) is 0 Å². The standard InChI is InChI=1S/C43H33N5/c1-5-15-30(16-6-1)38-29-39(31-17-7-2-8-18-31)45-42(44-38)36-25-13-23-34(27-36)35-24-14-26-37(28-35)43-47-40(32-19-9-3-10-20-32)46-41(48-43)33-21-11-4-12-22-33/h1-29,38,40H,(H,44,45)(H,46,47,48). The normalized spacial score (nSPS) is 17.2. The SMILES string of the molecule is C1=C(c2ccccc2)N=C(c2cccc(-c3cccc(C4=NC(c5ccccc5)NC(c5ccccc5)=N4)c3)c2)NC1c1ccccc1. The first-order valence-electron chi connectivity index (χ1n) is 16.2. The van der Waals surface area contributed by atoms with Crippen LogP contribution in [0.15, 0.2) is 191 Å². The smallest absolute Gasteiger partial charge is 0.159 e. The zero-order chi connectivity index (χ0) is 32.1. The van der Waals surface area contributed by atoms with Gasteiger partial charge in [0.25, 0.3) is 0 Å². The molecule has 2 aliphatic rings. The van der Waals surface area contributed by atoms with Gasteiger partial charge in [-0.05, 0) is 46.0 Å². The maximum atomic E-state index is 5.12. The Morgan fingerprint density at radius 1 is 0.396 bits per heavy atom. The molecule has 8 rings (SSSR count). The molecule has 0 amide bonds. The molecule has 6 aromatic carbocycles. The molecule has 0 saturated heterocycles. The van der Waals surface area contributed by atoms with Gasteiger partial charge in [-0.25, -0.2) is 15.0 Å². The van der Waals surface area contributed by atoms with E-state index in [0.717, 1.165) is 56.3 Å². The second kappa shape index (κ2) is 13.2. The fraction of sp³-hybridized carbons (Fsp3) is 0.0465. The Hall–Kier alpha value is -6.33. The quantitative estimate of drug-likeness (QED) is 0.187. The molecule has 2 atom stereocenters. The Morgan fingerprint density at radius 2 is 0.896 bits per heavy atom. The highest BCUT2D eigenvalue weighted by atomic mass is 15.2. The summed E-state index contributed by atoms with van der Waals surface area (Å²) in [4.78, 5) is 15.2. The average molecular weight is 620 g/mol. The van der Waals surface area contributed by atoms with E-state index in [1.165, 1.54) is 5.56 Å². The minimum atomic E-state index is -0.249. The number of hydrogen-bond acceptors (Lipinski definition) is 5. The van der Waals surface area contributed by atoms with Gasteiger partial charge >= 0.3 is 0 Å². The number of hydrogen-bond donors (Lipinski definition) is 2. The summed E-state index contributed by atoms with van der Waals surface area (Å²) >= 11 is 0. The minimum Gasteiger partial charge on any atom is -0.359 e. The molecule has 2 unspecified atom stereocenters.